The van der Waals surface area contributed by atoms with Gasteiger partial charge >= 0.3 is 142 Å². The Bertz CT molecular complexity index is 916. The Morgan fingerprint density at radius 3 is 0.760 bits per heavy atom. The van der Waals surface area contributed by atoms with Crippen LogP contribution in [0.25, 0.3) is 0 Å². The molecule has 25 heavy (non-hydrogen) atoms. The Morgan fingerprint density at radius 2 is 0.560 bits per heavy atom. The fourth-order valence-electron chi connectivity index (χ4n) is 2.94. The van der Waals surface area contributed by atoms with E-state index < -0.39 is 8.53 Å². The van der Waals surface area contributed by atoms with Crippen LogP contribution in [0.5, 0.6) is 0 Å². The molecule has 0 heterocycles. The minimum absolute atomic E-state index is 0.0138. The zero-order valence-corrected chi connectivity index (χ0v) is 14.9. The minimum atomic E-state index is -7.86. The van der Waals surface area contributed by atoms with Crippen LogP contribution >= 0.6 is 0 Å². The molecule has 0 aromatic heterocycles. The van der Waals surface area contributed by atoms with Crippen molar-refractivity contribution in [2.45, 2.75) is 0 Å². The number of hydrogen-bond donors (Lipinski definition) is 6. The first-order chi connectivity index (χ1) is 11.0. The predicted molar refractivity (Wildman–Crippen MR) is 103 cm³/mol. The van der Waals surface area contributed by atoms with Crippen molar-refractivity contribution in [3.8, 4) is 0 Å². The van der Waals surface area contributed by atoms with E-state index >= 15 is 0 Å². The Kier molecular flexibility index (Phi) is 2.03. The van der Waals surface area contributed by atoms with Crippen LogP contribution in [0.4, 0.5) is 0 Å². The fraction of sp³-hybridized carbons (Fsp3) is 0. The van der Waals surface area contributed by atoms with Gasteiger partial charge in [-0.15, -0.1) is 0 Å². The normalized spacial score (nSPS) is 20.6. The Morgan fingerprint density at radius 1 is 0.360 bits per heavy atom. The van der Waals surface area contributed by atoms with Gasteiger partial charge in [-0.05, 0) is 0 Å². The molecule has 0 radical (unpaired) electrons. The molecule has 3 rings (SSSR count). The van der Waals surface area contributed by atoms with Crippen molar-refractivity contribution in [2.75, 3.05) is 0 Å². The first-order valence-electron chi connectivity index (χ1n) is 7.30. The van der Waals surface area contributed by atoms with Gasteiger partial charge in [0.1, 0.15) is 0 Å². The number of hydrogen-bond acceptors (Lipinski definition) is 6. The summed E-state index contributed by atoms with van der Waals surface area (Å²) in [5.41, 5.74) is 0. The second kappa shape index (κ2) is 2.86. The van der Waals surface area contributed by atoms with Crippen molar-refractivity contribution in [2.24, 2.45) is 28.9 Å². The molecule has 0 aliphatic heterocycles. The van der Waals surface area contributed by atoms with Gasteiger partial charge < -0.3 is 0 Å². The van der Waals surface area contributed by atoms with E-state index in [2.05, 4.69) is 0 Å². The Hall–Kier alpha value is -2.09. The molecule has 3 aromatic carbocycles. The fourth-order valence-corrected chi connectivity index (χ4v) is 8.90. The quantitative estimate of drug-likeness (QED) is 0.319. The summed E-state index contributed by atoms with van der Waals surface area (Å²) in [6.07, 6.45) is 0. The molecule has 0 aliphatic rings. The van der Waals surface area contributed by atoms with Gasteiger partial charge in [0, 0.05) is 0 Å². The molecule has 0 fully saturated rings. The van der Waals surface area contributed by atoms with E-state index in [-0.39, 0.29) is 13.6 Å². The molecule has 7 heteroatoms. The molecule has 6 nitrogen and oxygen atoms in total. The van der Waals surface area contributed by atoms with E-state index in [1.165, 1.54) is 0 Å². The summed E-state index contributed by atoms with van der Waals surface area (Å²) >= 11 is 0. The molecule has 0 saturated carbocycles. The maximum atomic E-state index is 7.08. The van der Waals surface area contributed by atoms with Gasteiger partial charge in [0.15, 0.2) is 0 Å². The van der Waals surface area contributed by atoms with Crippen molar-refractivity contribution < 1.29 is 8.53 Å². The van der Waals surface area contributed by atoms with Crippen molar-refractivity contribution in [3.63, 3.8) is 0 Å². The molecule has 0 saturated heterocycles. The second-order valence-corrected chi connectivity index (χ2v) is 19.8. The van der Waals surface area contributed by atoms with Crippen molar-refractivity contribution in [1.82, 2.24) is 0 Å². The third-order valence-electron chi connectivity index (χ3n) is 4.58. The summed E-state index contributed by atoms with van der Waals surface area (Å²) < 4.78 is 0.0414. The van der Waals surface area contributed by atoms with Crippen LogP contribution in [0, 0.1) is 0 Å². The summed E-state index contributed by atoms with van der Waals surface area (Å²) in [7, 11) is -7.86. The standard InChI is InChI=1S/3C6H5.6H2N.Ni/c3*1-2-4-6-5-3-1;;;;;;;/h3*1-5H;6*1H2;/q;;;6*-1;+6. The first kappa shape index (κ1) is 17.7. The monoisotopic (exact) mass is 385 g/mol. The SMILES string of the molecule is [NH2][Ni]([NH2])([NH2])([NH2])([NH2])([NH2])([c]1ccccc1)([c]1ccccc1)[c]1ccccc1. The molecule has 0 unspecified atom stereocenters. The zero-order chi connectivity index (χ0) is 18.7. The van der Waals surface area contributed by atoms with E-state index in [4.69, 9.17) is 28.9 Å². The van der Waals surface area contributed by atoms with Crippen molar-refractivity contribution >= 4 is 13.6 Å². The van der Waals surface area contributed by atoms with Crippen LogP contribution in [-0.2, 0) is 8.53 Å². The molecule has 0 aliphatic carbocycles. The van der Waals surface area contributed by atoms with Crippen LogP contribution in [-0.4, -0.2) is 0 Å². The van der Waals surface area contributed by atoms with Crippen LogP contribution in [0.2, 0.25) is 0 Å². The number of benzene rings is 3. The molecule has 0 atom stereocenters. The van der Waals surface area contributed by atoms with Gasteiger partial charge in [0.2, 0.25) is 0 Å². The average Bonchev–Trinajstić information content (AvgIpc) is 2.57. The summed E-state index contributed by atoms with van der Waals surface area (Å²) in [5, 5.41) is 0. The van der Waals surface area contributed by atoms with E-state index in [9.17, 15) is 0 Å². The summed E-state index contributed by atoms with van der Waals surface area (Å²) in [4.78, 5) is 42.5. The molecule has 0 spiro atoms. The van der Waals surface area contributed by atoms with Gasteiger partial charge in [-0.3, -0.25) is 0 Å². The third kappa shape index (κ3) is 1.78. The Labute approximate surface area is 142 Å². The van der Waals surface area contributed by atoms with Crippen molar-refractivity contribution in [1.29, 1.82) is 0 Å². The van der Waals surface area contributed by atoms with Gasteiger partial charge in [0.05, 0.1) is 0 Å². The van der Waals surface area contributed by atoms with Crippen molar-refractivity contribution in [3.05, 3.63) is 91.0 Å². The number of rotatable bonds is 3. The molecule has 0 bridgehead atoms. The molecule has 12 N–H and O–H groups in total. The molecule has 3 aromatic rings. The topological polar surface area (TPSA) is 156 Å². The first-order valence-corrected chi connectivity index (χ1v) is 12.2. The van der Waals surface area contributed by atoms with Gasteiger partial charge in [-0.1, -0.05) is 0 Å². The number of nitrogens with two attached hydrogens (primary N) is 6. The van der Waals surface area contributed by atoms with Crippen LogP contribution in [0.15, 0.2) is 91.0 Å². The third-order valence-corrected chi connectivity index (χ3v) is 13.2. The molecule has 0 amide bonds. The Balaban J connectivity index is 2.88. The van der Waals surface area contributed by atoms with E-state index in [0.29, 0.717) is 0 Å². The summed E-state index contributed by atoms with van der Waals surface area (Å²) in [6.45, 7) is 0. The molecule has 139 valence electrons. The van der Waals surface area contributed by atoms with E-state index in [1.54, 1.807) is 91.0 Å². The van der Waals surface area contributed by atoms with Gasteiger partial charge in [0.25, 0.3) is 0 Å². The van der Waals surface area contributed by atoms with E-state index in [1.807, 2.05) is 0 Å². The maximum absolute atomic E-state index is 7.86. The van der Waals surface area contributed by atoms with E-state index in [0.717, 1.165) is 0 Å². The zero-order valence-electron chi connectivity index (χ0n) is 13.9. The van der Waals surface area contributed by atoms with Crippen LogP contribution in [0.3, 0.4) is 0 Å². The molecular weight excluding hydrogens is 359 g/mol. The van der Waals surface area contributed by atoms with Crippen LogP contribution < -0.4 is 42.5 Å². The van der Waals surface area contributed by atoms with Gasteiger partial charge in [-0.25, -0.2) is 0 Å². The summed E-state index contributed by atoms with van der Waals surface area (Å²) in [5.74, 6) is 0. The molecular formula is C18H27N6Ni. The van der Waals surface area contributed by atoms with Crippen LogP contribution in [0.1, 0.15) is 0 Å². The predicted octanol–water partition coefficient (Wildman–Crippen LogP) is -0.962. The van der Waals surface area contributed by atoms with Gasteiger partial charge in [-0.2, -0.15) is 0 Å². The summed E-state index contributed by atoms with van der Waals surface area (Å²) in [6, 6.07) is 24.7. The average molecular weight is 386 g/mol. The second-order valence-electron chi connectivity index (χ2n) is 7.24.